The zero-order chi connectivity index (χ0) is 21.0. The summed E-state index contributed by atoms with van der Waals surface area (Å²) in [6.07, 6.45) is 4.41. The van der Waals surface area contributed by atoms with Gasteiger partial charge < -0.3 is 21.5 Å². The van der Waals surface area contributed by atoms with E-state index in [4.69, 9.17) is 56.3 Å². The van der Waals surface area contributed by atoms with Gasteiger partial charge in [-0.25, -0.2) is 4.98 Å². The van der Waals surface area contributed by atoms with Crippen LogP contribution in [0.2, 0.25) is 21.0 Å². The SMILES string of the molecule is Cc1cc(Cl)c(N)c(C2CC2)n1.Cc1cc(Cl)c(N)c(Cl)n1.OB(O)C1CC1. The van der Waals surface area contributed by atoms with Gasteiger partial charge in [0.05, 0.1) is 27.1 Å². The van der Waals surface area contributed by atoms with Crippen LogP contribution in [0.5, 0.6) is 0 Å². The van der Waals surface area contributed by atoms with E-state index in [-0.39, 0.29) is 11.0 Å². The van der Waals surface area contributed by atoms with Crippen LogP contribution in [0.4, 0.5) is 11.4 Å². The number of aryl methyl sites for hydroxylation is 2. The van der Waals surface area contributed by atoms with Crippen LogP contribution < -0.4 is 11.5 Å². The van der Waals surface area contributed by atoms with Crippen LogP contribution in [0.3, 0.4) is 0 Å². The average molecular weight is 446 g/mol. The summed E-state index contributed by atoms with van der Waals surface area (Å²) in [4.78, 5) is 8.28. The molecule has 0 saturated heterocycles. The Balaban J connectivity index is 0.000000159. The third kappa shape index (κ3) is 6.97. The summed E-state index contributed by atoms with van der Waals surface area (Å²) >= 11 is 17.2. The molecule has 2 aromatic rings. The predicted molar refractivity (Wildman–Crippen MR) is 117 cm³/mol. The molecule has 6 N–H and O–H groups in total. The molecule has 2 saturated carbocycles. The van der Waals surface area contributed by atoms with Crippen molar-refractivity contribution in [3.05, 3.63) is 44.4 Å². The van der Waals surface area contributed by atoms with Crippen LogP contribution in [0.15, 0.2) is 12.1 Å². The fourth-order valence-corrected chi connectivity index (χ4v) is 3.12. The first-order chi connectivity index (χ1) is 13.1. The molecular weight excluding hydrogens is 421 g/mol. The number of halogens is 3. The highest BCUT2D eigenvalue weighted by Gasteiger charge is 2.33. The summed E-state index contributed by atoms with van der Waals surface area (Å²) in [5, 5.41) is 17.9. The molecule has 0 aliphatic heterocycles. The van der Waals surface area contributed by atoms with Gasteiger partial charge in [-0.2, -0.15) is 0 Å². The van der Waals surface area contributed by atoms with E-state index in [1.807, 2.05) is 13.0 Å². The summed E-state index contributed by atoms with van der Waals surface area (Å²) in [6.45, 7) is 3.74. The second-order valence-electron chi connectivity index (χ2n) is 7.02. The molecule has 152 valence electrons. The number of nitrogens with zero attached hydrogens (tertiary/aromatic N) is 2. The maximum atomic E-state index is 8.25. The summed E-state index contributed by atoms with van der Waals surface area (Å²) in [6, 6.07) is 3.48. The highest BCUT2D eigenvalue weighted by molar-refractivity contribution is 6.44. The number of aromatic nitrogens is 2. The topological polar surface area (TPSA) is 118 Å². The molecule has 0 amide bonds. The Kier molecular flexibility index (Phi) is 8.22. The molecule has 6 nitrogen and oxygen atoms in total. The Morgan fingerprint density at radius 2 is 1.39 bits per heavy atom. The first-order valence-corrected chi connectivity index (χ1v) is 10.1. The van der Waals surface area contributed by atoms with Gasteiger partial charge in [0.25, 0.3) is 0 Å². The van der Waals surface area contributed by atoms with Crippen molar-refractivity contribution in [1.82, 2.24) is 9.97 Å². The Labute approximate surface area is 180 Å². The molecule has 0 unspecified atom stereocenters. The van der Waals surface area contributed by atoms with Crippen molar-refractivity contribution in [2.75, 3.05) is 11.5 Å². The van der Waals surface area contributed by atoms with Crippen LogP contribution in [0.25, 0.3) is 0 Å². The van der Waals surface area contributed by atoms with Gasteiger partial charge in [-0.1, -0.05) is 47.6 Å². The molecular formula is C18H24BCl3N4O2. The largest absolute Gasteiger partial charge is 0.454 e. The van der Waals surface area contributed by atoms with Crippen molar-refractivity contribution in [2.24, 2.45) is 0 Å². The zero-order valence-electron chi connectivity index (χ0n) is 15.8. The summed E-state index contributed by atoms with van der Waals surface area (Å²) in [5.41, 5.74) is 15.0. The van der Waals surface area contributed by atoms with E-state index in [1.54, 1.807) is 13.0 Å². The number of hydrogen-bond donors (Lipinski definition) is 4. The molecule has 0 spiro atoms. The highest BCUT2D eigenvalue weighted by Crippen LogP contribution is 2.43. The van der Waals surface area contributed by atoms with Crippen molar-refractivity contribution in [2.45, 2.75) is 51.3 Å². The highest BCUT2D eigenvalue weighted by atomic mass is 35.5. The Hall–Kier alpha value is -1.25. The normalized spacial score (nSPS) is 15.1. The number of nitrogens with two attached hydrogens (primary N) is 2. The molecule has 0 aromatic carbocycles. The summed E-state index contributed by atoms with van der Waals surface area (Å²) < 4.78 is 0. The van der Waals surface area contributed by atoms with Crippen LogP contribution >= 0.6 is 34.8 Å². The molecule has 28 heavy (non-hydrogen) atoms. The molecule has 4 rings (SSSR count). The van der Waals surface area contributed by atoms with Gasteiger partial charge >= 0.3 is 7.12 Å². The van der Waals surface area contributed by atoms with Crippen molar-refractivity contribution in [3.8, 4) is 0 Å². The van der Waals surface area contributed by atoms with Crippen molar-refractivity contribution >= 4 is 53.3 Å². The first-order valence-electron chi connectivity index (χ1n) is 8.96. The molecule has 0 radical (unpaired) electrons. The minimum atomic E-state index is -1.04. The number of anilines is 2. The number of hydrogen-bond acceptors (Lipinski definition) is 6. The third-order valence-electron chi connectivity index (χ3n) is 4.26. The lowest BCUT2D eigenvalue weighted by Crippen LogP contribution is -2.09. The lowest BCUT2D eigenvalue weighted by Gasteiger charge is -2.05. The molecule has 2 aromatic heterocycles. The van der Waals surface area contributed by atoms with Gasteiger partial charge in [0.1, 0.15) is 0 Å². The second kappa shape index (κ2) is 9.99. The maximum Gasteiger partial charge on any atom is 0.454 e. The third-order valence-corrected chi connectivity index (χ3v) is 5.18. The smallest absolute Gasteiger partial charge is 0.427 e. The van der Waals surface area contributed by atoms with Gasteiger partial charge in [0.2, 0.25) is 0 Å². The molecule has 10 heteroatoms. The minimum Gasteiger partial charge on any atom is -0.427 e. The monoisotopic (exact) mass is 444 g/mol. The quantitative estimate of drug-likeness (QED) is 0.402. The van der Waals surface area contributed by atoms with Gasteiger partial charge in [-0.15, -0.1) is 0 Å². The van der Waals surface area contributed by atoms with E-state index < -0.39 is 7.12 Å². The van der Waals surface area contributed by atoms with Gasteiger partial charge in [-0.3, -0.25) is 4.98 Å². The number of pyridine rings is 2. The fraction of sp³-hybridized carbons (Fsp3) is 0.444. The second-order valence-corrected chi connectivity index (χ2v) is 8.19. The minimum absolute atomic E-state index is 0.213. The van der Waals surface area contributed by atoms with Crippen LogP contribution in [-0.4, -0.2) is 27.1 Å². The van der Waals surface area contributed by atoms with Gasteiger partial charge in [-0.05, 0) is 44.6 Å². The van der Waals surface area contributed by atoms with Crippen molar-refractivity contribution in [1.29, 1.82) is 0 Å². The first kappa shape index (κ1) is 23.0. The average Bonchev–Trinajstić information content (AvgIpc) is 3.48. The fourth-order valence-electron chi connectivity index (χ4n) is 2.34. The standard InChI is InChI=1S/C9H11ClN2.C6H6Cl2N2.C3H7BO2/c1-5-4-7(10)8(11)9(12-5)6-2-3-6;1-3-2-4(7)5(9)6(8)10-3;5-4(6)3-1-2-3/h4,6H,2-3,11H2,1H3;2H,9H2,1H3;3,5-6H,1-2H2. The molecule has 0 bridgehead atoms. The lowest BCUT2D eigenvalue weighted by molar-refractivity contribution is 0.403. The van der Waals surface area contributed by atoms with E-state index in [2.05, 4.69) is 9.97 Å². The van der Waals surface area contributed by atoms with E-state index in [0.29, 0.717) is 27.3 Å². The van der Waals surface area contributed by atoms with Gasteiger partial charge in [0.15, 0.2) is 5.15 Å². The zero-order valence-corrected chi connectivity index (χ0v) is 18.1. The van der Waals surface area contributed by atoms with Crippen LogP contribution in [0, 0.1) is 13.8 Å². The molecule has 2 aliphatic carbocycles. The Morgan fingerprint density at radius 1 is 0.893 bits per heavy atom. The summed E-state index contributed by atoms with van der Waals surface area (Å²) in [7, 11) is -1.04. The molecule has 2 fully saturated rings. The van der Waals surface area contributed by atoms with Crippen LogP contribution in [-0.2, 0) is 0 Å². The lowest BCUT2D eigenvalue weighted by atomic mass is 9.84. The van der Waals surface area contributed by atoms with Crippen LogP contribution in [0.1, 0.15) is 48.7 Å². The maximum absolute atomic E-state index is 8.25. The van der Waals surface area contributed by atoms with E-state index in [9.17, 15) is 0 Å². The summed E-state index contributed by atoms with van der Waals surface area (Å²) in [5.74, 6) is 0.785. The number of nitrogen functional groups attached to an aromatic ring is 2. The van der Waals surface area contributed by atoms with E-state index >= 15 is 0 Å². The Bertz CT molecular complexity index is 808. The molecule has 2 aliphatic rings. The molecule has 2 heterocycles. The molecule has 0 atom stereocenters. The number of rotatable bonds is 2. The van der Waals surface area contributed by atoms with E-state index in [1.165, 1.54) is 12.8 Å². The predicted octanol–water partition coefficient (Wildman–Crippen LogP) is 4.41. The van der Waals surface area contributed by atoms with E-state index in [0.717, 1.165) is 29.9 Å². The van der Waals surface area contributed by atoms with Gasteiger partial charge in [0, 0.05) is 17.3 Å². The Morgan fingerprint density at radius 3 is 1.79 bits per heavy atom. The van der Waals surface area contributed by atoms with Crippen molar-refractivity contribution in [3.63, 3.8) is 0 Å². The van der Waals surface area contributed by atoms with Crippen molar-refractivity contribution < 1.29 is 10.0 Å².